The van der Waals surface area contributed by atoms with Crippen molar-refractivity contribution in [2.45, 2.75) is 6.54 Å². The monoisotopic (exact) mass is 478 g/mol. The van der Waals surface area contributed by atoms with Crippen molar-refractivity contribution in [3.63, 3.8) is 0 Å². The van der Waals surface area contributed by atoms with Crippen LogP contribution in [0.3, 0.4) is 0 Å². The van der Waals surface area contributed by atoms with Gasteiger partial charge in [0.05, 0.1) is 23.8 Å². The summed E-state index contributed by atoms with van der Waals surface area (Å²) < 4.78 is 1.38. The first kappa shape index (κ1) is 23.2. The molecule has 1 amide bonds. The second-order valence-electron chi connectivity index (χ2n) is 8.86. The zero-order valence-electron chi connectivity index (χ0n) is 19.7. The molecule has 0 spiro atoms. The Morgan fingerprint density at radius 2 is 1.49 bits per heavy atom. The van der Waals surface area contributed by atoms with Gasteiger partial charge in [0.2, 0.25) is 5.91 Å². The van der Waals surface area contributed by atoms with Gasteiger partial charge in [-0.05, 0) is 24.3 Å². The van der Waals surface area contributed by atoms with Gasteiger partial charge in [0.15, 0.2) is 11.6 Å². The lowest BCUT2D eigenvalue weighted by molar-refractivity contribution is -0.132. The minimum atomic E-state index is -0.201. The maximum absolute atomic E-state index is 12.9. The number of aliphatic hydroxyl groups is 1. The fourth-order valence-corrected chi connectivity index (χ4v) is 4.65. The Morgan fingerprint density at radius 1 is 0.857 bits per heavy atom. The number of hydrogen-bond donors (Lipinski definition) is 1. The van der Waals surface area contributed by atoms with E-state index in [4.69, 9.17) is 5.11 Å². The number of amides is 1. The van der Waals surface area contributed by atoms with Gasteiger partial charge in [0.1, 0.15) is 6.54 Å². The van der Waals surface area contributed by atoms with Crippen LogP contribution in [-0.2, 0) is 11.3 Å². The van der Waals surface area contributed by atoms with Crippen LogP contribution in [0.25, 0.3) is 10.9 Å². The Kier molecular flexibility index (Phi) is 6.87. The van der Waals surface area contributed by atoms with Crippen molar-refractivity contribution >= 4 is 28.4 Å². The fourth-order valence-electron chi connectivity index (χ4n) is 4.65. The molecule has 4 heterocycles. The molecular weight excluding hydrogens is 448 g/mol. The SMILES string of the molecule is O=C(Cn1cnc2ccccc2c1=O)N1CCN(c2ccc(N3CCN(CCO)CC3)nn2)CC1. The van der Waals surface area contributed by atoms with Crippen LogP contribution in [0.4, 0.5) is 11.6 Å². The summed E-state index contributed by atoms with van der Waals surface area (Å²) in [5, 5.41) is 18.5. The van der Waals surface area contributed by atoms with E-state index < -0.39 is 0 Å². The van der Waals surface area contributed by atoms with E-state index in [0.717, 1.165) is 37.8 Å². The maximum atomic E-state index is 12.9. The van der Waals surface area contributed by atoms with Crippen LogP contribution in [0.15, 0.2) is 47.5 Å². The summed E-state index contributed by atoms with van der Waals surface area (Å²) in [6.07, 6.45) is 1.45. The lowest BCUT2D eigenvalue weighted by Gasteiger charge is -2.36. The molecule has 0 saturated carbocycles. The number of hydrogen-bond acceptors (Lipinski definition) is 9. The molecule has 5 rings (SSSR count). The summed E-state index contributed by atoms with van der Waals surface area (Å²) in [6, 6.07) is 11.1. The highest BCUT2D eigenvalue weighted by atomic mass is 16.3. The molecule has 2 fully saturated rings. The second kappa shape index (κ2) is 10.4. The number of benzene rings is 1. The normalized spacial score (nSPS) is 17.2. The molecule has 1 N–H and O–H groups in total. The third kappa shape index (κ3) is 5.10. The van der Waals surface area contributed by atoms with Gasteiger partial charge in [0, 0.05) is 58.9 Å². The smallest absolute Gasteiger partial charge is 0.261 e. The molecule has 1 aromatic carbocycles. The largest absolute Gasteiger partial charge is 0.395 e. The summed E-state index contributed by atoms with van der Waals surface area (Å²) in [7, 11) is 0. The first-order chi connectivity index (χ1) is 17.1. The number of piperazine rings is 2. The van der Waals surface area contributed by atoms with Crippen LogP contribution >= 0.6 is 0 Å². The number of carbonyl (C=O) groups is 1. The molecule has 3 aromatic rings. The Morgan fingerprint density at radius 3 is 2.11 bits per heavy atom. The van der Waals surface area contributed by atoms with Crippen molar-refractivity contribution in [2.75, 3.05) is 75.3 Å². The topological polar surface area (TPSA) is 111 Å². The van der Waals surface area contributed by atoms with Crippen LogP contribution in [0.2, 0.25) is 0 Å². The third-order valence-corrected chi connectivity index (χ3v) is 6.74. The number of β-amino-alcohol motifs (C(OH)–C–C–N with tert-alkyl or cyclic N) is 1. The molecule has 35 heavy (non-hydrogen) atoms. The first-order valence-electron chi connectivity index (χ1n) is 12.0. The quantitative estimate of drug-likeness (QED) is 0.508. The Hall–Kier alpha value is -3.57. The zero-order valence-corrected chi connectivity index (χ0v) is 19.7. The molecule has 0 aliphatic carbocycles. The molecule has 2 aromatic heterocycles. The van der Waals surface area contributed by atoms with Crippen molar-refractivity contribution in [1.29, 1.82) is 0 Å². The van der Waals surface area contributed by atoms with Crippen LogP contribution in [0.1, 0.15) is 0 Å². The Balaban J connectivity index is 1.14. The number of aliphatic hydroxyl groups excluding tert-OH is 1. The van der Waals surface area contributed by atoms with Gasteiger partial charge >= 0.3 is 0 Å². The molecule has 2 saturated heterocycles. The lowest BCUT2D eigenvalue weighted by atomic mass is 10.2. The van der Waals surface area contributed by atoms with Gasteiger partial charge in [0.25, 0.3) is 5.56 Å². The van der Waals surface area contributed by atoms with Crippen molar-refractivity contribution in [2.24, 2.45) is 0 Å². The first-order valence-corrected chi connectivity index (χ1v) is 12.0. The number of fused-ring (bicyclic) bond motifs is 1. The minimum absolute atomic E-state index is 0.0171. The van der Waals surface area contributed by atoms with Gasteiger partial charge in [-0.15, -0.1) is 10.2 Å². The molecule has 0 unspecified atom stereocenters. The van der Waals surface area contributed by atoms with Crippen LogP contribution < -0.4 is 15.4 Å². The molecule has 11 nitrogen and oxygen atoms in total. The molecule has 0 bridgehead atoms. The van der Waals surface area contributed by atoms with Gasteiger partial charge < -0.3 is 19.8 Å². The summed E-state index contributed by atoms with van der Waals surface area (Å²) >= 11 is 0. The predicted molar refractivity (Wildman–Crippen MR) is 133 cm³/mol. The van der Waals surface area contributed by atoms with E-state index in [0.29, 0.717) is 43.6 Å². The van der Waals surface area contributed by atoms with Crippen LogP contribution in [-0.4, -0.2) is 106 Å². The number of nitrogens with zero attached hydrogens (tertiary/aromatic N) is 8. The molecule has 0 radical (unpaired) electrons. The highest BCUT2D eigenvalue weighted by Gasteiger charge is 2.23. The van der Waals surface area contributed by atoms with E-state index >= 15 is 0 Å². The van der Waals surface area contributed by atoms with E-state index in [1.807, 2.05) is 18.2 Å². The maximum Gasteiger partial charge on any atom is 0.261 e. The number of anilines is 2. The second-order valence-corrected chi connectivity index (χ2v) is 8.86. The van der Waals surface area contributed by atoms with E-state index in [1.54, 1.807) is 23.1 Å². The molecule has 184 valence electrons. The van der Waals surface area contributed by atoms with Gasteiger partial charge in [-0.2, -0.15) is 0 Å². The summed E-state index contributed by atoms with van der Waals surface area (Å²) in [6.45, 7) is 6.86. The summed E-state index contributed by atoms with van der Waals surface area (Å²) in [5.41, 5.74) is 0.429. The summed E-state index contributed by atoms with van der Waals surface area (Å²) in [5.74, 6) is 1.57. The van der Waals surface area contributed by atoms with E-state index in [-0.39, 0.29) is 24.6 Å². The van der Waals surface area contributed by atoms with Crippen molar-refractivity contribution in [3.8, 4) is 0 Å². The highest BCUT2D eigenvalue weighted by Crippen LogP contribution is 2.18. The van der Waals surface area contributed by atoms with Gasteiger partial charge in [-0.25, -0.2) is 4.98 Å². The molecule has 0 atom stereocenters. The fraction of sp³-hybridized carbons (Fsp3) is 0.458. The molecular formula is C24H30N8O3. The van der Waals surface area contributed by atoms with E-state index in [2.05, 4.69) is 29.9 Å². The Labute approximate surface area is 203 Å². The van der Waals surface area contributed by atoms with Crippen molar-refractivity contribution in [1.82, 2.24) is 29.5 Å². The van der Waals surface area contributed by atoms with Crippen LogP contribution in [0.5, 0.6) is 0 Å². The van der Waals surface area contributed by atoms with Crippen molar-refractivity contribution in [3.05, 3.63) is 53.1 Å². The Bertz CT molecular complexity index is 1220. The number of carbonyl (C=O) groups excluding carboxylic acids is 1. The third-order valence-electron chi connectivity index (χ3n) is 6.74. The van der Waals surface area contributed by atoms with Crippen LogP contribution in [0, 0.1) is 0 Å². The van der Waals surface area contributed by atoms with E-state index in [9.17, 15) is 9.59 Å². The van der Waals surface area contributed by atoms with Gasteiger partial charge in [-0.1, -0.05) is 12.1 Å². The molecule has 11 heteroatoms. The standard InChI is InChI=1S/C24H30N8O3/c33-16-15-28-7-9-29(10-8-28)21-5-6-22(27-26-21)30-11-13-31(14-12-30)23(34)17-32-18-25-20-4-2-1-3-19(20)24(32)35/h1-6,18,33H,7-17H2. The molecule has 2 aliphatic heterocycles. The number of rotatable bonds is 6. The van der Waals surface area contributed by atoms with Gasteiger partial charge in [-0.3, -0.25) is 19.1 Å². The van der Waals surface area contributed by atoms with Crippen molar-refractivity contribution < 1.29 is 9.90 Å². The van der Waals surface area contributed by atoms with E-state index in [1.165, 1.54) is 10.9 Å². The average Bonchev–Trinajstić information content (AvgIpc) is 2.91. The number of para-hydroxylation sites is 1. The average molecular weight is 479 g/mol. The number of aromatic nitrogens is 4. The lowest BCUT2D eigenvalue weighted by Crippen LogP contribution is -2.50. The predicted octanol–water partition coefficient (Wildman–Crippen LogP) is -0.350. The summed E-state index contributed by atoms with van der Waals surface area (Å²) in [4.78, 5) is 38.2. The highest BCUT2D eigenvalue weighted by molar-refractivity contribution is 5.79. The molecule has 2 aliphatic rings. The minimum Gasteiger partial charge on any atom is -0.395 e. The zero-order chi connectivity index (χ0) is 24.2.